The van der Waals surface area contributed by atoms with Gasteiger partial charge in [0.25, 0.3) is 0 Å². The van der Waals surface area contributed by atoms with E-state index >= 15 is 0 Å². The van der Waals surface area contributed by atoms with Gasteiger partial charge in [-0.3, -0.25) is 9.00 Å². The van der Waals surface area contributed by atoms with Gasteiger partial charge < -0.3 is 11.1 Å². The van der Waals surface area contributed by atoms with E-state index in [2.05, 4.69) is 5.32 Å². The van der Waals surface area contributed by atoms with Crippen molar-refractivity contribution in [3.8, 4) is 0 Å². The van der Waals surface area contributed by atoms with Crippen LogP contribution in [-0.4, -0.2) is 22.4 Å². The molecule has 1 atom stereocenters. The van der Waals surface area contributed by atoms with Gasteiger partial charge in [-0.05, 0) is 25.1 Å². The van der Waals surface area contributed by atoms with Crippen molar-refractivity contribution in [1.29, 1.82) is 0 Å². The van der Waals surface area contributed by atoms with Gasteiger partial charge in [0.1, 0.15) is 0 Å². The first-order valence-electron chi connectivity index (χ1n) is 5.24. The van der Waals surface area contributed by atoms with E-state index in [1.54, 1.807) is 18.2 Å². The third kappa shape index (κ3) is 4.36. The maximum Gasteiger partial charge on any atom is 0.220 e. The van der Waals surface area contributed by atoms with Gasteiger partial charge >= 0.3 is 0 Å². The minimum Gasteiger partial charge on any atom is -0.399 e. The standard InChI is InChI=1S/C11H15ClN2O2S/c1-2-14-11(15)5-6-17(16)10-4-3-8(13)7-9(10)12/h3-4,7H,2,5-6,13H2,1H3,(H,14,15). The molecule has 0 heterocycles. The van der Waals surface area contributed by atoms with Gasteiger partial charge in [0.2, 0.25) is 5.91 Å². The van der Waals surface area contributed by atoms with E-state index in [1.165, 1.54) is 0 Å². The van der Waals surface area contributed by atoms with Crippen LogP contribution in [0.1, 0.15) is 13.3 Å². The van der Waals surface area contributed by atoms with Crippen molar-refractivity contribution in [1.82, 2.24) is 5.32 Å². The highest BCUT2D eigenvalue weighted by molar-refractivity contribution is 7.85. The minimum atomic E-state index is -1.28. The number of carbonyl (C=O) groups excluding carboxylic acids is 1. The Morgan fingerprint density at radius 1 is 1.53 bits per heavy atom. The molecular formula is C11H15ClN2O2S. The van der Waals surface area contributed by atoms with E-state index in [1.807, 2.05) is 6.92 Å². The Morgan fingerprint density at radius 3 is 2.82 bits per heavy atom. The van der Waals surface area contributed by atoms with Crippen LogP contribution in [0, 0.1) is 0 Å². The van der Waals surface area contributed by atoms with Crippen LogP contribution in [0.15, 0.2) is 23.1 Å². The molecule has 0 radical (unpaired) electrons. The predicted octanol–water partition coefficient (Wildman–Crippen LogP) is 1.56. The summed E-state index contributed by atoms with van der Waals surface area (Å²) in [5.41, 5.74) is 6.07. The lowest BCUT2D eigenvalue weighted by molar-refractivity contribution is -0.120. The molecule has 6 heteroatoms. The molecule has 0 aliphatic carbocycles. The van der Waals surface area contributed by atoms with Crippen LogP contribution in [0.5, 0.6) is 0 Å². The fourth-order valence-electron chi connectivity index (χ4n) is 1.28. The van der Waals surface area contributed by atoms with E-state index < -0.39 is 10.8 Å². The zero-order valence-electron chi connectivity index (χ0n) is 9.53. The molecular weight excluding hydrogens is 260 g/mol. The zero-order chi connectivity index (χ0) is 12.8. The number of nitrogens with one attached hydrogen (secondary N) is 1. The average molecular weight is 275 g/mol. The minimum absolute atomic E-state index is 0.104. The molecule has 1 unspecified atom stereocenters. The van der Waals surface area contributed by atoms with Crippen LogP contribution in [0.2, 0.25) is 5.02 Å². The second kappa shape index (κ2) is 6.61. The molecule has 0 aliphatic heterocycles. The molecule has 17 heavy (non-hydrogen) atoms. The highest BCUT2D eigenvalue weighted by Gasteiger charge is 2.10. The van der Waals surface area contributed by atoms with Crippen LogP contribution >= 0.6 is 11.6 Å². The summed E-state index contributed by atoms with van der Waals surface area (Å²) in [5.74, 6) is 0.155. The van der Waals surface area contributed by atoms with E-state index in [0.29, 0.717) is 22.2 Å². The van der Waals surface area contributed by atoms with Gasteiger partial charge in [-0.2, -0.15) is 0 Å². The Labute approximate surface area is 108 Å². The number of hydrogen-bond donors (Lipinski definition) is 2. The Kier molecular flexibility index (Phi) is 5.44. The van der Waals surface area contributed by atoms with Crippen LogP contribution in [0.25, 0.3) is 0 Å². The molecule has 0 aliphatic rings. The highest BCUT2D eigenvalue weighted by Crippen LogP contribution is 2.22. The first-order valence-corrected chi connectivity index (χ1v) is 6.94. The van der Waals surface area contributed by atoms with Gasteiger partial charge in [0.15, 0.2) is 0 Å². The summed E-state index contributed by atoms with van der Waals surface area (Å²) in [7, 11) is -1.28. The van der Waals surface area contributed by atoms with Crippen molar-refractivity contribution < 1.29 is 9.00 Å². The summed E-state index contributed by atoms with van der Waals surface area (Å²) in [6.07, 6.45) is 0.223. The van der Waals surface area contributed by atoms with E-state index in [-0.39, 0.29) is 18.1 Å². The van der Waals surface area contributed by atoms with E-state index in [9.17, 15) is 9.00 Å². The first-order chi connectivity index (χ1) is 8.04. The number of halogens is 1. The monoisotopic (exact) mass is 274 g/mol. The lowest BCUT2D eigenvalue weighted by Crippen LogP contribution is -2.24. The van der Waals surface area contributed by atoms with Crippen molar-refractivity contribution in [2.75, 3.05) is 18.0 Å². The van der Waals surface area contributed by atoms with Crippen molar-refractivity contribution in [2.45, 2.75) is 18.2 Å². The summed E-state index contributed by atoms with van der Waals surface area (Å²) in [5, 5.41) is 3.02. The van der Waals surface area contributed by atoms with Crippen LogP contribution in [0.3, 0.4) is 0 Å². The molecule has 1 amide bonds. The normalized spacial score (nSPS) is 12.1. The third-order valence-corrected chi connectivity index (χ3v) is 3.94. The lowest BCUT2D eigenvalue weighted by Gasteiger charge is -2.05. The molecule has 1 aromatic carbocycles. The Hall–Kier alpha value is -1.07. The van der Waals surface area contributed by atoms with Gasteiger partial charge in [0, 0.05) is 24.4 Å². The van der Waals surface area contributed by atoms with Gasteiger partial charge in [-0.15, -0.1) is 0 Å². The second-order valence-electron chi connectivity index (χ2n) is 3.44. The van der Waals surface area contributed by atoms with Crippen LogP contribution in [-0.2, 0) is 15.6 Å². The molecule has 0 spiro atoms. The molecule has 94 valence electrons. The van der Waals surface area contributed by atoms with Crippen molar-refractivity contribution in [3.05, 3.63) is 23.2 Å². The number of benzene rings is 1. The summed E-state index contributed by atoms with van der Waals surface area (Å²) >= 11 is 5.93. The average Bonchev–Trinajstić information content (AvgIpc) is 2.26. The number of anilines is 1. The Bertz CT molecular complexity index is 437. The van der Waals surface area contributed by atoms with Crippen molar-refractivity contribution in [3.63, 3.8) is 0 Å². The Morgan fingerprint density at radius 2 is 2.24 bits per heavy atom. The third-order valence-electron chi connectivity index (χ3n) is 2.09. The number of hydrogen-bond acceptors (Lipinski definition) is 3. The SMILES string of the molecule is CCNC(=O)CCS(=O)c1ccc(N)cc1Cl. The quantitative estimate of drug-likeness (QED) is 0.801. The van der Waals surface area contributed by atoms with Gasteiger partial charge in [-0.1, -0.05) is 11.6 Å². The second-order valence-corrected chi connectivity index (χ2v) is 5.39. The number of carbonyl (C=O) groups is 1. The number of nitrogen functional groups attached to an aromatic ring is 1. The molecule has 4 nitrogen and oxygen atoms in total. The van der Waals surface area contributed by atoms with Crippen LogP contribution in [0.4, 0.5) is 5.69 Å². The predicted molar refractivity (Wildman–Crippen MR) is 70.4 cm³/mol. The smallest absolute Gasteiger partial charge is 0.220 e. The molecule has 0 saturated carbocycles. The summed E-state index contributed by atoms with van der Waals surface area (Å²) in [6, 6.07) is 4.83. The summed E-state index contributed by atoms with van der Waals surface area (Å²) in [4.78, 5) is 11.7. The lowest BCUT2D eigenvalue weighted by atomic mass is 10.3. The maximum absolute atomic E-state index is 11.9. The van der Waals surface area contributed by atoms with Crippen molar-refractivity contribution in [2.24, 2.45) is 0 Å². The van der Waals surface area contributed by atoms with Gasteiger partial charge in [-0.25, -0.2) is 0 Å². The number of amides is 1. The van der Waals surface area contributed by atoms with Crippen LogP contribution < -0.4 is 11.1 Å². The Balaban J connectivity index is 2.61. The van der Waals surface area contributed by atoms with E-state index in [0.717, 1.165) is 0 Å². The van der Waals surface area contributed by atoms with Crippen molar-refractivity contribution >= 4 is 34.0 Å². The number of nitrogens with two attached hydrogens (primary N) is 1. The molecule has 0 fully saturated rings. The highest BCUT2D eigenvalue weighted by atomic mass is 35.5. The molecule has 0 bridgehead atoms. The fraction of sp³-hybridized carbons (Fsp3) is 0.364. The first kappa shape index (κ1) is 14.0. The molecule has 1 rings (SSSR count). The fourth-order valence-corrected chi connectivity index (χ4v) is 2.82. The zero-order valence-corrected chi connectivity index (χ0v) is 11.1. The number of rotatable bonds is 5. The summed E-state index contributed by atoms with van der Waals surface area (Å²) in [6.45, 7) is 2.42. The van der Waals surface area contributed by atoms with Gasteiger partial charge in [0.05, 0.1) is 20.7 Å². The molecule has 3 N–H and O–H groups in total. The largest absolute Gasteiger partial charge is 0.399 e. The molecule has 0 aromatic heterocycles. The maximum atomic E-state index is 11.9. The topological polar surface area (TPSA) is 72.2 Å². The molecule has 0 saturated heterocycles. The summed E-state index contributed by atoms with van der Waals surface area (Å²) < 4.78 is 11.9. The van der Waals surface area contributed by atoms with E-state index in [4.69, 9.17) is 17.3 Å². The molecule has 1 aromatic rings.